The van der Waals surface area contributed by atoms with Gasteiger partial charge in [0.2, 0.25) is 0 Å². The van der Waals surface area contributed by atoms with Crippen LogP contribution in [0, 0.1) is 11.6 Å². The second kappa shape index (κ2) is 7.95. The van der Waals surface area contributed by atoms with Crippen LogP contribution in [0.4, 0.5) is 19.3 Å². The van der Waals surface area contributed by atoms with Gasteiger partial charge in [-0.05, 0) is 43.2 Å². The molecule has 5 nitrogen and oxygen atoms in total. The summed E-state index contributed by atoms with van der Waals surface area (Å²) in [5.74, 6) is -1.28. The summed E-state index contributed by atoms with van der Waals surface area (Å²) in [5, 5.41) is 5.41. The lowest BCUT2D eigenvalue weighted by Crippen LogP contribution is -2.47. The third kappa shape index (κ3) is 4.36. The number of nitrogens with zero attached hydrogens (tertiary/aromatic N) is 1. The molecule has 0 saturated carbocycles. The minimum absolute atomic E-state index is 0.0942. The van der Waals surface area contributed by atoms with Crippen LogP contribution >= 0.6 is 0 Å². The molecule has 7 heteroatoms. The highest BCUT2D eigenvalue weighted by atomic mass is 19.1. The van der Waals surface area contributed by atoms with Crippen LogP contribution in [0.2, 0.25) is 0 Å². The van der Waals surface area contributed by atoms with Gasteiger partial charge in [-0.15, -0.1) is 0 Å². The lowest BCUT2D eigenvalue weighted by molar-refractivity contribution is 0.0918. The summed E-state index contributed by atoms with van der Waals surface area (Å²) in [7, 11) is 0. The number of hydrogen-bond donors (Lipinski definition) is 2. The fourth-order valence-corrected chi connectivity index (χ4v) is 2.88. The van der Waals surface area contributed by atoms with Gasteiger partial charge in [0.15, 0.2) is 0 Å². The number of benzene rings is 2. The van der Waals surface area contributed by atoms with Crippen molar-refractivity contribution in [3.05, 3.63) is 65.7 Å². The number of amides is 3. The number of piperidine rings is 1. The Kier molecular flexibility index (Phi) is 5.46. The Morgan fingerprint density at radius 3 is 2.42 bits per heavy atom. The fraction of sp³-hybridized carbons (Fsp3) is 0.263. The average Bonchev–Trinajstić information content (AvgIpc) is 2.64. The zero-order valence-electron chi connectivity index (χ0n) is 14.0. The summed E-state index contributed by atoms with van der Waals surface area (Å²) in [4.78, 5) is 26.0. The third-order valence-electron chi connectivity index (χ3n) is 4.32. The predicted octanol–water partition coefficient (Wildman–Crippen LogP) is 3.39. The van der Waals surface area contributed by atoms with Crippen molar-refractivity contribution in [2.45, 2.75) is 18.9 Å². The Labute approximate surface area is 150 Å². The molecule has 0 radical (unpaired) electrons. The van der Waals surface area contributed by atoms with Gasteiger partial charge < -0.3 is 15.5 Å². The van der Waals surface area contributed by atoms with Gasteiger partial charge in [-0.1, -0.05) is 18.2 Å². The first kappa shape index (κ1) is 17.8. The number of anilines is 1. The van der Waals surface area contributed by atoms with Crippen LogP contribution in [0.15, 0.2) is 48.5 Å². The molecule has 2 aromatic carbocycles. The van der Waals surface area contributed by atoms with Crippen LogP contribution in [0.1, 0.15) is 23.2 Å². The van der Waals surface area contributed by atoms with Gasteiger partial charge >= 0.3 is 6.03 Å². The topological polar surface area (TPSA) is 61.4 Å². The summed E-state index contributed by atoms with van der Waals surface area (Å²) in [6.07, 6.45) is 1.15. The molecule has 2 N–H and O–H groups in total. The van der Waals surface area contributed by atoms with Gasteiger partial charge in [0.05, 0.1) is 5.69 Å². The van der Waals surface area contributed by atoms with Crippen LogP contribution < -0.4 is 10.6 Å². The van der Waals surface area contributed by atoms with Crippen LogP contribution in [0.5, 0.6) is 0 Å². The van der Waals surface area contributed by atoms with Crippen molar-refractivity contribution in [2.75, 3.05) is 18.4 Å². The molecule has 1 fully saturated rings. The highest BCUT2D eigenvalue weighted by Crippen LogP contribution is 2.16. The molecule has 1 saturated heterocycles. The summed E-state index contributed by atoms with van der Waals surface area (Å²) in [6, 6.07) is 11.0. The molecule has 0 spiro atoms. The highest BCUT2D eigenvalue weighted by molar-refractivity contribution is 5.94. The monoisotopic (exact) mass is 359 g/mol. The first-order valence-corrected chi connectivity index (χ1v) is 8.40. The third-order valence-corrected chi connectivity index (χ3v) is 4.32. The van der Waals surface area contributed by atoms with Gasteiger partial charge in [0, 0.05) is 24.7 Å². The molecule has 1 aliphatic rings. The Balaban J connectivity index is 1.50. The minimum atomic E-state index is -0.488. The number of para-hydroxylation sites is 1. The van der Waals surface area contributed by atoms with Crippen molar-refractivity contribution >= 4 is 17.6 Å². The molecule has 0 atom stereocenters. The zero-order valence-corrected chi connectivity index (χ0v) is 14.0. The number of carbonyl (C=O) groups is 2. The van der Waals surface area contributed by atoms with Crippen molar-refractivity contribution in [1.29, 1.82) is 0 Å². The minimum Gasteiger partial charge on any atom is -0.349 e. The summed E-state index contributed by atoms with van der Waals surface area (Å²) in [5.41, 5.74) is 0.406. The summed E-state index contributed by atoms with van der Waals surface area (Å²) in [6.45, 7) is 0.878. The van der Waals surface area contributed by atoms with E-state index in [2.05, 4.69) is 10.6 Å². The van der Waals surface area contributed by atoms with Crippen molar-refractivity contribution < 1.29 is 18.4 Å². The van der Waals surface area contributed by atoms with E-state index in [0.717, 1.165) is 0 Å². The van der Waals surface area contributed by atoms with Crippen LogP contribution in [-0.4, -0.2) is 36.0 Å². The van der Waals surface area contributed by atoms with E-state index in [9.17, 15) is 18.4 Å². The number of hydrogen-bond acceptors (Lipinski definition) is 2. The van der Waals surface area contributed by atoms with Gasteiger partial charge in [0.25, 0.3) is 5.91 Å². The van der Waals surface area contributed by atoms with E-state index in [1.54, 1.807) is 23.1 Å². The number of rotatable bonds is 3. The normalized spacial score (nSPS) is 14.8. The molecule has 3 amide bonds. The lowest BCUT2D eigenvalue weighted by atomic mass is 10.0. The van der Waals surface area contributed by atoms with Crippen molar-refractivity contribution in [1.82, 2.24) is 10.2 Å². The van der Waals surface area contributed by atoms with Gasteiger partial charge in [-0.25, -0.2) is 13.6 Å². The fourth-order valence-electron chi connectivity index (χ4n) is 2.88. The lowest BCUT2D eigenvalue weighted by Gasteiger charge is -2.32. The number of urea groups is 1. The van der Waals surface area contributed by atoms with Crippen molar-refractivity contribution in [3.63, 3.8) is 0 Å². The Hall–Kier alpha value is -2.96. The van der Waals surface area contributed by atoms with Gasteiger partial charge in [-0.2, -0.15) is 0 Å². The van der Waals surface area contributed by atoms with E-state index < -0.39 is 11.6 Å². The maximum Gasteiger partial charge on any atom is 0.321 e. The average molecular weight is 359 g/mol. The molecule has 0 unspecified atom stereocenters. The van der Waals surface area contributed by atoms with E-state index in [1.807, 2.05) is 0 Å². The zero-order chi connectivity index (χ0) is 18.5. The molecular formula is C19H19F2N3O2. The standard InChI is InChI=1S/C19H19F2N3O2/c20-14-5-3-4-13(12-14)18(25)22-15-8-10-24(11-9-15)19(26)23-17-7-2-1-6-16(17)21/h1-7,12,15H,8-11H2,(H,22,25)(H,23,26). The molecule has 0 aromatic heterocycles. The van der Waals surface area contributed by atoms with Crippen LogP contribution in [0.3, 0.4) is 0 Å². The maximum absolute atomic E-state index is 13.6. The largest absolute Gasteiger partial charge is 0.349 e. The second-order valence-corrected chi connectivity index (χ2v) is 6.16. The maximum atomic E-state index is 13.6. The Bertz CT molecular complexity index is 805. The molecule has 0 bridgehead atoms. The quantitative estimate of drug-likeness (QED) is 0.882. The first-order valence-electron chi connectivity index (χ1n) is 8.40. The number of nitrogens with one attached hydrogen (secondary N) is 2. The molecule has 1 aliphatic heterocycles. The van der Waals surface area contributed by atoms with E-state index in [4.69, 9.17) is 0 Å². The Morgan fingerprint density at radius 2 is 1.73 bits per heavy atom. The van der Waals surface area contributed by atoms with Crippen LogP contribution in [-0.2, 0) is 0 Å². The van der Waals surface area contributed by atoms with E-state index in [1.165, 1.54) is 30.3 Å². The molecule has 3 rings (SSSR count). The Morgan fingerprint density at radius 1 is 1.00 bits per heavy atom. The summed E-state index contributed by atoms with van der Waals surface area (Å²) >= 11 is 0. The van der Waals surface area contributed by atoms with Gasteiger partial charge in [-0.3, -0.25) is 4.79 Å². The van der Waals surface area contributed by atoms with Crippen molar-refractivity contribution in [2.24, 2.45) is 0 Å². The van der Waals surface area contributed by atoms with E-state index in [-0.39, 0.29) is 29.2 Å². The highest BCUT2D eigenvalue weighted by Gasteiger charge is 2.24. The van der Waals surface area contributed by atoms with E-state index >= 15 is 0 Å². The smallest absolute Gasteiger partial charge is 0.321 e. The summed E-state index contributed by atoms with van der Waals surface area (Å²) < 4.78 is 26.8. The molecule has 1 heterocycles. The van der Waals surface area contributed by atoms with Gasteiger partial charge in [0.1, 0.15) is 11.6 Å². The molecular weight excluding hydrogens is 340 g/mol. The number of carbonyl (C=O) groups excluding carboxylic acids is 2. The first-order chi connectivity index (χ1) is 12.5. The molecule has 2 aromatic rings. The van der Waals surface area contributed by atoms with Crippen LogP contribution in [0.25, 0.3) is 0 Å². The number of halogens is 2. The SMILES string of the molecule is O=C(NC1CCN(C(=O)Nc2ccccc2F)CC1)c1cccc(F)c1. The van der Waals surface area contributed by atoms with Crippen molar-refractivity contribution in [3.8, 4) is 0 Å². The molecule has 26 heavy (non-hydrogen) atoms. The number of likely N-dealkylation sites (tertiary alicyclic amines) is 1. The second-order valence-electron chi connectivity index (χ2n) is 6.16. The molecule has 136 valence electrons. The molecule has 0 aliphatic carbocycles. The predicted molar refractivity (Wildman–Crippen MR) is 93.9 cm³/mol. The van der Waals surface area contributed by atoms with E-state index in [0.29, 0.717) is 25.9 Å².